The Balaban J connectivity index is 1.49. The van der Waals surface area contributed by atoms with Crippen LogP contribution in [0, 0.1) is 5.82 Å². The highest BCUT2D eigenvalue weighted by atomic mass is 19.1. The Hall–Kier alpha value is -4.12. The van der Waals surface area contributed by atoms with Gasteiger partial charge in [-0.25, -0.2) is 9.37 Å². The topological polar surface area (TPSA) is 47.1 Å². The molecule has 0 fully saturated rings. The molecule has 32 heavy (non-hydrogen) atoms. The van der Waals surface area contributed by atoms with E-state index in [2.05, 4.69) is 16.0 Å². The van der Waals surface area contributed by atoms with Crippen molar-refractivity contribution in [3.63, 3.8) is 0 Å². The Labute approximate surface area is 185 Å². The Morgan fingerprint density at radius 2 is 1.66 bits per heavy atom. The maximum absolute atomic E-state index is 14.4. The fourth-order valence-corrected chi connectivity index (χ4v) is 3.73. The van der Waals surface area contributed by atoms with Crippen LogP contribution in [0.2, 0.25) is 0 Å². The average molecular weight is 424 g/mol. The van der Waals surface area contributed by atoms with Gasteiger partial charge in [-0.05, 0) is 47.0 Å². The number of nitrogens with one attached hydrogen (secondary N) is 1. The van der Waals surface area contributed by atoms with E-state index in [-0.39, 0.29) is 5.82 Å². The van der Waals surface area contributed by atoms with Crippen molar-refractivity contribution in [2.24, 2.45) is 0 Å². The summed E-state index contributed by atoms with van der Waals surface area (Å²) in [5, 5.41) is 0.915. The van der Waals surface area contributed by atoms with Crippen molar-refractivity contribution in [3.05, 3.63) is 103 Å². The summed E-state index contributed by atoms with van der Waals surface area (Å²) >= 11 is 0. The molecule has 2 heterocycles. The van der Waals surface area contributed by atoms with Crippen molar-refractivity contribution in [3.8, 4) is 33.8 Å². The molecule has 0 aliphatic heterocycles. The molecule has 0 atom stereocenters. The molecular weight excluding hydrogens is 403 g/mol. The lowest BCUT2D eigenvalue weighted by Gasteiger charge is -2.09. The molecule has 5 aromatic rings. The number of benzene rings is 3. The Kier molecular flexibility index (Phi) is 5.30. The van der Waals surface area contributed by atoms with Gasteiger partial charge in [0, 0.05) is 35.0 Å². The largest absolute Gasteiger partial charge is 0.497 e. The number of hydrogen-bond donors (Lipinski definition) is 1. The number of aromatic nitrogens is 2. The number of methoxy groups -OCH3 is 1. The number of nitrogens with zero attached hydrogens (tertiary/aromatic N) is 1. The van der Waals surface area contributed by atoms with E-state index in [0.717, 1.165) is 44.6 Å². The van der Waals surface area contributed by atoms with E-state index in [1.807, 2.05) is 73.1 Å². The fourth-order valence-electron chi connectivity index (χ4n) is 3.73. The third-order valence-corrected chi connectivity index (χ3v) is 5.39. The zero-order valence-electron chi connectivity index (χ0n) is 17.5. The molecule has 4 nitrogen and oxygen atoms in total. The van der Waals surface area contributed by atoms with Crippen LogP contribution in [0.4, 0.5) is 4.39 Å². The number of rotatable bonds is 6. The summed E-state index contributed by atoms with van der Waals surface area (Å²) in [4.78, 5) is 7.74. The van der Waals surface area contributed by atoms with Crippen LogP contribution in [0.15, 0.2) is 91.3 Å². The summed E-state index contributed by atoms with van der Waals surface area (Å²) in [5.41, 5.74) is 5.36. The zero-order valence-corrected chi connectivity index (χ0v) is 17.5. The van der Waals surface area contributed by atoms with Crippen molar-refractivity contribution < 1.29 is 13.9 Å². The summed E-state index contributed by atoms with van der Waals surface area (Å²) in [6.45, 7) is 0.376. The van der Waals surface area contributed by atoms with Crippen LogP contribution in [-0.2, 0) is 6.61 Å². The van der Waals surface area contributed by atoms with E-state index in [4.69, 9.17) is 9.47 Å². The first-order chi connectivity index (χ1) is 15.7. The van der Waals surface area contributed by atoms with Crippen LogP contribution in [0.1, 0.15) is 5.56 Å². The Morgan fingerprint density at radius 3 is 2.44 bits per heavy atom. The van der Waals surface area contributed by atoms with Gasteiger partial charge in [0.2, 0.25) is 0 Å². The monoisotopic (exact) mass is 424 g/mol. The molecule has 0 spiro atoms. The molecule has 0 aliphatic rings. The summed E-state index contributed by atoms with van der Waals surface area (Å²) in [5.74, 6) is 0.935. The minimum absolute atomic E-state index is 0.348. The van der Waals surface area contributed by atoms with Gasteiger partial charge in [-0.1, -0.05) is 42.5 Å². The maximum atomic E-state index is 14.4. The second-order valence-electron chi connectivity index (χ2n) is 7.50. The van der Waals surface area contributed by atoms with E-state index in [9.17, 15) is 4.39 Å². The smallest absolute Gasteiger partial charge is 0.137 e. The summed E-state index contributed by atoms with van der Waals surface area (Å²) in [7, 11) is 1.64. The number of halogens is 1. The number of hydrogen-bond acceptors (Lipinski definition) is 3. The minimum atomic E-state index is -0.348. The van der Waals surface area contributed by atoms with Crippen molar-refractivity contribution in [2.75, 3.05) is 7.11 Å². The summed E-state index contributed by atoms with van der Waals surface area (Å²) in [6.07, 6.45) is 3.68. The van der Waals surface area contributed by atoms with Crippen molar-refractivity contribution in [1.29, 1.82) is 0 Å². The van der Waals surface area contributed by atoms with Gasteiger partial charge in [0.25, 0.3) is 0 Å². The molecule has 0 saturated heterocycles. The number of H-pyrrole nitrogens is 1. The average Bonchev–Trinajstić information content (AvgIpc) is 3.26. The van der Waals surface area contributed by atoms with E-state index < -0.39 is 0 Å². The highest BCUT2D eigenvalue weighted by molar-refractivity contribution is 5.96. The lowest BCUT2D eigenvalue weighted by Crippen LogP contribution is -1.96. The molecule has 3 aromatic carbocycles. The lowest BCUT2D eigenvalue weighted by molar-refractivity contribution is 0.305. The third-order valence-electron chi connectivity index (χ3n) is 5.39. The van der Waals surface area contributed by atoms with Gasteiger partial charge in [0.05, 0.1) is 7.11 Å². The van der Waals surface area contributed by atoms with Gasteiger partial charge in [0.1, 0.15) is 29.6 Å². The van der Waals surface area contributed by atoms with Crippen molar-refractivity contribution >= 4 is 11.0 Å². The second kappa shape index (κ2) is 8.55. The molecule has 0 amide bonds. The van der Waals surface area contributed by atoms with Crippen LogP contribution < -0.4 is 9.47 Å². The molecule has 0 saturated carbocycles. The molecule has 0 unspecified atom stereocenters. The van der Waals surface area contributed by atoms with Gasteiger partial charge in [-0.15, -0.1) is 0 Å². The first kappa shape index (κ1) is 19.8. The van der Waals surface area contributed by atoms with Crippen LogP contribution in [-0.4, -0.2) is 17.1 Å². The van der Waals surface area contributed by atoms with Gasteiger partial charge in [-0.2, -0.15) is 0 Å². The molecule has 0 radical (unpaired) electrons. The van der Waals surface area contributed by atoms with Crippen LogP contribution in [0.5, 0.6) is 11.5 Å². The highest BCUT2D eigenvalue weighted by Crippen LogP contribution is 2.33. The zero-order chi connectivity index (χ0) is 21.9. The molecule has 158 valence electrons. The van der Waals surface area contributed by atoms with E-state index in [1.54, 1.807) is 7.11 Å². The number of fused-ring (bicyclic) bond motifs is 1. The first-order valence-corrected chi connectivity index (χ1v) is 10.3. The predicted molar refractivity (Wildman–Crippen MR) is 124 cm³/mol. The lowest BCUT2D eigenvalue weighted by atomic mass is 10.0. The van der Waals surface area contributed by atoms with E-state index in [0.29, 0.717) is 12.4 Å². The maximum Gasteiger partial charge on any atom is 0.137 e. The van der Waals surface area contributed by atoms with Crippen LogP contribution in [0.3, 0.4) is 0 Å². The van der Waals surface area contributed by atoms with Crippen molar-refractivity contribution in [2.45, 2.75) is 6.61 Å². The van der Waals surface area contributed by atoms with Crippen LogP contribution in [0.25, 0.3) is 33.3 Å². The third kappa shape index (κ3) is 4.05. The predicted octanol–water partition coefficient (Wildman–Crippen LogP) is 6.62. The van der Waals surface area contributed by atoms with Gasteiger partial charge in [0.15, 0.2) is 0 Å². The minimum Gasteiger partial charge on any atom is -0.497 e. The molecule has 0 aliphatic carbocycles. The summed E-state index contributed by atoms with van der Waals surface area (Å²) in [6, 6.07) is 24.5. The number of ether oxygens (including phenoxy) is 2. The fraction of sp³-hybridized carbons (Fsp3) is 0.0741. The molecule has 0 bridgehead atoms. The Bertz CT molecular complexity index is 1360. The van der Waals surface area contributed by atoms with E-state index in [1.165, 1.54) is 12.1 Å². The Morgan fingerprint density at radius 1 is 0.844 bits per heavy atom. The van der Waals surface area contributed by atoms with Gasteiger partial charge >= 0.3 is 0 Å². The molecular formula is C27H21FN2O2. The highest BCUT2D eigenvalue weighted by Gasteiger charge is 2.12. The quantitative estimate of drug-likeness (QED) is 0.333. The SMILES string of the molecule is COc1ccc(-c2cnc3[nH]cc(-c4cc(F)cc(OCc5ccccc5)c4)c3c2)cc1. The standard InChI is InChI=1S/C27H21FN2O2/c1-31-23-9-7-19(8-10-23)21-13-25-26(16-30-27(25)29-15-21)20-11-22(28)14-24(12-20)32-17-18-5-3-2-4-6-18/h2-16H,17H2,1H3,(H,29,30). The van der Waals surface area contributed by atoms with Gasteiger partial charge in [-0.3, -0.25) is 0 Å². The molecule has 2 aromatic heterocycles. The number of pyridine rings is 1. The molecule has 5 rings (SSSR count). The normalized spacial score (nSPS) is 10.9. The van der Waals surface area contributed by atoms with E-state index >= 15 is 0 Å². The first-order valence-electron chi connectivity index (χ1n) is 10.3. The molecule has 5 heteroatoms. The van der Waals surface area contributed by atoms with Gasteiger partial charge < -0.3 is 14.5 Å². The second-order valence-corrected chi connectivity index (χ2v) is 7.50. The number of aromatic amines is 1. The van der Waals surface area contributed by atoms with Crippen molar-refractivity contribution in [1.82, 2.24) is 9.97 Å². The summed E-state index contributed by atoms with van der Waals surface area (Å²) < 4.78 is 25.5. The molecule has 1 N–H and O–H groups in total. The van der Waals surface area contributed by atoms with Crippen LogP contribution >= 0.6 is 0 Å².